The van der Waals surface area contributed by atoms with Gasteiger partial charge in [0.25, 0.3) is 0 Å². The highest BCUT2D eigenvalue weighted by atomic mass is 16.5. The minimum Gasteiger partial charge on any atom is -0.375 e. The van der Waals surface area contributed by atoms with Crippen molar-refractivity contribution in [1.29, 1.82) is 0 Å². The number of morpholine rings is 1. The molecule has 0 radical (unpaired) electrons. The zero-order valence-corrected chi connectivity index (χ0v) is 13.4. The Kier molecular flexibility index (Phi) is 5.36. The summed E-state index contributed by atoms with van der Waals surface area (Å²) in [5.41, 5.74) is 1.15. The molecular formula is C15H26N4O2. The lowest BCUT2D eigenvalue weighted by Crippen LogP contribution is -2.49. The maximum Gasteiger partial charge on any atom is 0.236 e. The number of hydrogen-bond donors (Lipinski definition) is 1. The number of nitrogens with zero attached hydrogens (tertiary/aromatic N) is 3. The molecule has 21 heavy (non-hydrogen) atoms. The molecule has 0 spiro atoms. The molecule has 1 saturated heterocycles. The van der Waals surface area contributed by atoms with Crippen molar-refractivity contribution >= 4 is 5.91 Å². The number of rotatable bonds is 5. The summed E-state index contributed by atoms with van der Waals surface area (Å²) in [6.45, 7) is 10.6. The van der Waals surface area contributed by atoms with Crippen LogP contribution >= 0.6 is 0 Å². The van der Waals surface area contributed by atoms with Gasteiger partial charge in [-0.1, -0.05) is 0 Å². The fourth-order valence-electron chi connectivity index (χ4n) is 2.46. The highest BCUT2D eigenvalue weighted by Crippen LogP contribution is 2.11. The van der Waals surface area contributed by atoms with Crippen molar-refractivity contribution < 1.29 is 9.53 Å². The third-order valence-electron chi connectivity index (χ3n) is 4.04. The highest BCUT2D eigenvalue weighted by Gasteiger charge is 2.22. The number of aryl methyl sites for hydroxylation is 1. The molecule has 118 valence electrons. The number of carbonyl (C=O) groups excluding carboxylic acids is 1. The zero-order valence-electron chi connectivity index (χ0n) is 13.4. The lowest BCUT2D eigenvalue weighted by atomic mass is 10.1. The molecule has 2 rings (SSSR count). The van der Waals surface area contributed by atoms with Crippen LogP contribution in [0, 0.1) is 6.92 Å². The Balaban J connectivity index is 1.80. The van der Waals surface area contributed by atoms with Gasteiger partial charge >= 0.3 is 0 Å². The van der Waals surface area contributed by atoms with Crippen LogP contribution in [0.5, 0.6) is 0 Å². The summed E-state index contributed by atoms with van der Waals surface area (Å²) >= 11 is 0. The predicted molar refractivity (Wildman–Crippen MR) is 81.1 cm³/mol. The SMILES string of the molecule is Cc1cnn([C@H](C)[C@H](C)NCC(=O)N2CCO[C@@H](C)C2)c1. The normalized spacial score (nSPS) is 22.1. The number of nitrogens with one attached hydrogen (secondary N) is 1. The predicted octanol–water partition coefficient (Wildman–Crippen LogP) is 0.978. The monoisotopic (exact) mass is 294 g/mol. The van der Waals surface area contributed by atoms with E-state index in [1.807, 2.05) is 35.8 Å². The van der Waals surface area contributed by atoms with E-state index in [-0.39, 0.29) is 24.1 Å². The van der Waals surface area contributed by atoms with E-state index in [1.54, 1.807) is 0 Å². The molecule has 1 aromatic rings. The summed E-state index contributed by atoms with van der Waals surface area (Å²) in [6.07, 6.45) is 4.00. The van der Waals surface area contributed by atoms with Gasteiger partial charge in [0.1, 0.15) is 0 Å². The lowest BCUT2D eigenvalue weighted by molar-refractivity contribution is -0.137. The smallest absolute Gasteiger partial charge is 0.236 e. The zero-order chi connectivity index (χ0) is 15.4. The second-order valence-electron chi connectivity index (χ2n) is 5.93. The van der Waals surface area contributed by atoms with E-state index < -0.39 is 0 Å². The Bertz CT molecular complexity index is 474. The van der Waals surface area contributed by atoms with Crippen LogP contribution in [-0.2, 0) is 9.53 Å². The van der Waals surface area contributed by atoms with Crippen LogP contribution in [0.4, 0.5) is 0 Å². The molecule has 0 aromatic carbocycles. The Morgan fingerprint density at radius 3 is 2.95 bits per heavy atom. The molecule has 2 heterocycles. The second kappa shape index (κ2) is 7.04. The van der Waals surface area contributed by atoms with Crippen LogP contribution in [0.15, 0.2) is 12.4 Å². The van der Waals surface area contributed by atoms with E-state index in [4.69, 9.17) is 4.74 Å². The number of aromatic nitrogens is 2. The average Bonchev–Trinajstić information content (AvgIpc) is 2.90. The molecule has 6 nitrogen and oxygen atoms in total. The lowest BCUT2D eigenvalue weighted by Gasteiger charge is -2.32. The van der Waals surface area contributed by atoms with Gasteiger partial charge in [-0.25, -0.2) is 0 Å². The molecule has 6 heteroatoms. The van der Waals surface area contributed by atoms with Crippen LogP contribution < -0.4 is 5.32 Å². The molecule has 0 aliphatic carbocycles. The van der Waals surface area contributed by atoms with Crippen LogP contribution in [-0.4, -0.2) is 59.0 Å². The van der Waals surface area contributed by atoms with Gasteiger partial charge in [0, 0.05) is 25.3 Å². The average molecular weight is 294 g/mol. The van der Waals surface area contributed by atoms with Gasteiger partial charge in [-0.3, -0.25) is 9.48 Å². The largest absolute Gasteiger partial charge is 0.375 e. The second-order valence-corrected chi connectivity index (χ2v) is 5.93. The topological polar surface area (TPSA) is 59.4 Å². The molecule has 1 N–H and O–H groups in total. The van der Waals surface area contributed by atoms with Crippen molar-refractivity contribution in [2.24, 2.45) is 0 Å². The Labute approximate surface area is 126 Å². The summed E-state index contributed by atoms with van der Waals surface area (Å²) < 4.78 is 7.40. The summed E-state index contributed by atoms with van der Waals surface area (Å²) in [5, 5.41) is 7.64. The molecular weight excluding hydrogens is 268 g/mol. The fourth-order valence-corrected chi connectivity index (χ4v) is 2.46. The minimum atomic E-state index is 0.131. The molecule has 0 saturated carbocycles. The molecule has 0 bridgehead atoms. The van der Waals surface area contributed by atoms with E-state index in [2.05, 4.69) is 24.3 Å². The van der Waals surface area contributed by atoms with Gasteiger partial charge in [-0.05, 0) is 33.3 Å². The number of carbonyl (C=O) groups is 1. The first-order valence-electron chi connectivity index (χ1n) is 7.61. The maximum absolute atomic E-state index is 12.2. The summed E-state index contributed by atoms with van der Waals surface area (Å²) in [6, 6.07) is 0.377. The van der Waals surface area contributed by atoms with Crippen molar-refractivity contribution in [3.05, 3.63) is 18.0 Å². The Morgan fingerprint density at radius 1 is 1.57 bits per heavy atom. The third kappa shape index (κ3) is 4.28. The fraction of sp³-hybridized carbons (Fsp3) is 0.733. The molecule has 1 aliphatic heterocycles. The van der Waals surface area contributed by atoms with Crippen molar-refractivity contribution in [2.75, 3.05) is 26.2 Å². The molecule has 1 fully saturated rings. The standard InChI is InChI=1S/C15H26N4O2/c1-11-7-17-19(9-11)14(4)13(3)16-8-15(20)18-5-6-21-12(2)10-18/h7,9,12-14,16H,5-6,8,10H2,1-4H3/t12-,13-,14+/m0/s1. The first-order valence-corrected chi connectivity index (χ1v) is 7.61. The van der Waals surface area contributed by atoms with E-state index in [0.717, 1.165) is 5.56 Å². The molecule has 1 aromatic heterocycles. The Hall–Kier alpha value is -1.40. The first kappa shape index (κ1) is 16.0. The van der Waals surface area contributed by atoms with Gasteiger partial charge in [0.2, 0.25) is 5.91 Å². The summed E-state index contributed by atoms with van der Waals surface area (Å²) in [5.74, 6) is 0.140. The van der Waals surface area contributed by atoms with Gasteiger partial charge in [0.05, 0.1) is 31.5 Å². The molecule has 1 aliphatic rings. The molecule has 3 atom stereocenters. The van der Waals surface area contributed by atoms with Gasteiger partial charge < -0.3 is 15.0 Å². The van der Waals surface area contributed by atoms with Crippen LogP contribution in [0.2, 0.25) is 0 Å². The first-order chi connectivity index (χ1) is 9.97. The molecule has 0 unspecified atom stereocenters. The van der Waals surface area contributed by atoms with E-state index in [0.29, 0.717) is 26.2 Å². The highest BCUT2D eigenvalue weighted by molar-refractivity contribution is 5.78. The van der Waals surface area contributed by atoms with Gasteiger partial charge in [-0.2, -0.15) is 5.10 Å². The number of ether oxygens (including phenoxy) is 1. The van der Waals surface area contributed by atoms with Gasteiger partial charge in [0.15, 0.2) is 0 Å². The number of hydrogen-bond acceptors (Lipinski definition) is 4. The van der Waals surface area contributed by atoms with E-state index in [1.165, 1.54) is 0 Å². The van der Waals surface area contributed by atoms with Crippen molar-refractivity contribution in [3.63, 3.8) is 0 Å². The van der Waals surface area contributed by atoms with Crippen LogP contribution in [0.3, 0.4) is 0 Å². The maximum atomic E-state index is 12.2. The van der Waals surface area contributed by atoms with E-state index in [9.17, 15) is 4.79 Å². The van der Waals surface area contributed by atoms with Crippen molar-refractivity contribution in [1.82, 2.24) is 20.0 Å². The van der Waals surface area contributed by atoms with Crippen LogP contribution in [0.25, 0.3) is 0 Å². The molecule has 1 amide bonds. The summed E-state index contributed by atoms with van der Waals surface area (Å²) in [4.78, 5) is 14.1. The van der Waals surface area contributed by atoms with Crippen LogP contribution in [0.1, 0.15) is 32.4 Å². The van der Waals surface area contributed by atoms with Gasteiger partial charge in [-0.15, -0.1) is 0 Å². The number of amides is 1. The third-order valence-corrected chi connectivity index (χ3v) is 4.04. The Morgan fingerprint density at radius 2 is 2.33 bits per heavy atom. The summed E-state index contributed by atoms with van der Waals surface area (Å²) in [7, 11) is 0. The van der Waals surface area contributed by atoms with Crippen molar-refractivity contribution in [3.8, 4) is 0 Å². The van der Waals surface area contributed by atoms with E-state index >= 15 is 0 Å². The van der Waals surface area contributed by atoms with Crippen molar-refractivity contribution in [2.45, 2.75) is 45.9 Å². The minimum absolute atomic E-state index is 0.131. The quantitative estimate of drug-likeness (QED) is 0.879.